The lowest BCUT2D eigenvalue weighted by atomic mass is 10.2. The Hall–Kier alpha value is -1.32. The van der Waals surface area contributed by atoms with E-state index in [0.717, 1.165) is 14.9 Å². The Balaban J connectivity index is 1.80. The van der Waals surface area contributed by atoms with E-state index in [0.29, 0.717) is 14.5 Å². The van der Waals surface area contributed by atoms with E-state index in [9.17, 15) is 9.59 Å². The third-order valence-corrected chi connectivity index (χ3v) is 5.55. The van der Waals surface area contributed by atoms with Crippen LogP contribution in [0.5, 0.6) is 0 Å². The molecule has 0 bridgehead atoms. The van der Waals surface area contributed by atoms with Crippen molar-refractivity contribution in [3.63, 3.8) is 0 Å². The van der Waals surface area contributed by atoms with Gasteiger partial charge in [0.15, 0.2) is 3.77 Å². The van der Waals surface area contributed by atoms with E-state index in [4.69, 9.17) is 16.0 Å². The predicted octanol–water partition coefficient (Wildman–Crippen LogP) is 4.39. The highest BCUT2D eigenvalue weighted by Crippen LogP contribution is 2.25. The van der Waals surface area contributed by atoms with Gasteiger partial charge in [-0.05, 0) is 39.7 Å². The number of nitrogens with one attached hydrogen (secondary N) is 1. The highest BCUT2D eigenvalue weighted by molar-refractivity contribution is 14.1. The van der Waals surface area contributed by atoms with Crippen LogP contribution in [0, 0.1) is 3.77 Å². The van der Waals surface area contributed by atoms with E-state index >= 15 is 0 Å². The second-order valence-corrected chi connectivity index (χ2v) is 7.05. The zero-order chi connectivity index (χ0) is 16.6. The number of carbonyl (C=O) groups excluding carboxylic acids is 2. The molecule has 2 aromatic rings. The normalized spacial score (nSPS) is 16.3. The second kappa shape index (κ2) is 6.66. The van der Waals surface area contributed by atoms with Gasteiger partial charge in [-0.3, -0.25) is 9.69 Å². The van der Waals surface area contributed by atoms with Crippen molar-refractivity contribution in [3.05, 3.63) is 60.6 Å². The highest BCUT2D eigenvalue weighted by atomic mass is 127. The van der Waals surface area contributed by atoms with Gasteiger partial charge in [0, 0.05) is 33.7 Å². The van der Waals surface area contributed by atoms with Gasteiger partial charge < -0.3 is 9.73 Å². The monoisotopic (exact) mass is 506 g/mol. The minimum atomic E-state index is -0.462. The Kier molecular flexibility index (Phi) is 4.79. The molecule has 118 valence electrons. The van der Waals surface area contributed by atoms with Crippen molar-refractivity contribution >= 4 is 68.1 Å². The van der Waals surface area contributed by atoms with Crippen molar-refractivity contribution in [2.45, 2.75) is 6.54 Å². The number of halogens is 3. The molecular formula is C15H9BrClIN2O3. The average Bonchev–Trinajstić information content (AvgIpc) is 2.95. The summed E-state index contributed by atoms with van der Waals surface area (Å²) in [5, 5.41) is 3.16. The number of hydrogen-bond donors (Lipinski definition) is 1. The lowest BCUT2D eigenvalue weighted by Gasteiger charge is -2.11. The third-order valence-electron chi connectivity index (χ3n) is 3.17. The highest BCUT2D eigenvalue weighted by Gasteiger charge is 2.33. The molecule has 0 saturated carbocycles. The molecule has 0 aliphatic carbocycles. The van der Waals surface area contributed by atoms with Crippen molar-refractivity contribution in [3.8, 4) is 0 Å². The fourth-order valence-electron chi connectivity index (χ4n) is 2.06. The van der Waals surface area contributed by atoms with Crippen molar-refractivity contribution in [2.75, 3.05) is 0 Å². The molecule has 1 aliphatic rings. The number of furan rings is 1. The number of benzene rings is 1. The summed E-state index contributed by atoms with van der Waals surface area (Å²) in [6.07, 6.45) is 1.51. The first-order valence-electron chi connectivity index (χ1n) is 6.48. The van der Waals surface area contributed by atoms with Gasteiger partial charge in [0.2, 0.25) is 0 Å². The van der Waals surface area contributed by atoms with Crippen LogP contribution < -0.4 is 5.32 Å². The zero-order valence-electron chi connectivity index (χ0n) is 11.5. The van der Waals surface area contributed by atoms with Crippen molar-refractivity contribution in [2.24, 2.45) is 0 Å². The van der Waals surface area contributed by atoms with E-state index in [1.165, 1.54) is 6.08 Å². The number of urea groups is 1. The lowest BCUT2D eigenvalue weighted by Crippen LogP contribution is -2.30. The number of imide groups is 1. The molecule has 1 aromatic heterocycles. The van der Waals surface area contributed by atoms with Crippen LogP contribution in [0.1, 0.15) is 11.3 Å². The summed E-state index contributed by atoms with van der Waals surface area (Å²) in [5.74, 6) is 0.0887. The summed E-state index contributed by atoms with van der Waals surface area (Å²) in [6, 6.07) is 8.25. The first-order chi connectivity index (χ1) is 10.9. The summed E-state index contributed by atoms with van der Waals surface area (Å²) < 4.78 is 6.92. The fourth-order valence-corrected chi connectivity index (χ4v) is 2.91. The van der Waals surface area contributed by atoms with Gasteiger partial charge in [-0.2, -0.15) is 0 Å². The molecule has 8 heteroatoms. The van der Waals surface area contributed by atoms with Gasteiger partial charge in [-0.15, -0.1) is 0 Å². The van der Waals surface area contributed by atoms with Crippen molar-refractivity contribution in [1.82, 2.24) is 10.2 Å². The maximum Gasteiger partial charge on any atom is 0.329 e. The number of hydrogen-bond acceptors (Lipinski definition) is 3. The van der Waals surface area contributed by atoms with Crippen LogP contribution in [0.4, 0.5) is 4.79 Å². The largest absolute Gasteiger partial charge is 0.450 e. The molecule has 5 nitrogen and oxygen atoms in total. The van der Waals surface area contributed by atoms with Crippen LogP contribution in [0.3, 0.4) is 0 Å². The van der Waals surface area contributed by atoms with E-state index in [1.807, 2.05) is 22.6 Å². The van der Waals surface area contributed by atoms with Crippen LogP contribution >= 0.6 is 50.1 Å². The molecule has 3 rings (SSSR count). The predicted molar refractivity (Wildman–Crippen MR) is 97.6 cm³/mol. The van der Waals surface area contributed by atoms with Crippen molar-refractivity contribution < 1.29 is 14.0 Å². The van der Waals surface area contributed by atoms with E-state index in [1.54, 1.807) is 30.3 Å². The summed E-state index contributed by atoms with van der Waals surface area (Å²) in [6.45, 7) is 0.179. The molecule has 0 atom stereocenters. The molecule has 23 heavy (non-hydrogen) atoms. The van der Waals surface area contributed by atoms with Gasteiger partial charge in [-0.25, -0.2) is 4.79 Å². The molecule has 1 aliphatic heterocycles. The molecule has 0 radical (unpaired) electrons. The SMILES string of the molecule is O=C1N/C(=C\c2cc(Br)c(I)o2)C(=O)N1Cc1ccc(Cl)cc1. The smallest absolute Gasteiger partial charge is 0.329 e. The Morgan fingerprint density at radius 2 is 2.00 bits per heavy atom. The van der Waals surface area contributed by atoms with Crippen LogP contribution in [-0.4, -0.2) is 16.8 Å². The molecule has 2 heterocycles. The third kappa shape index (κ3) is 3.61. The number of nitrogens with zero attached hydrogens (tertiary/aromatic N) is 1. The Labute approximate surface area is 158 Å². The summed E-state index contributed by atoms with van der Waals surface area (Å²) in [4.78, 5) is 25.5. The Morgan fingerprint density at radius 1 is 1.30 bits per heavy atom. The molecule has 3 amide bonds. The molecule has 0 spiro atoms. The number of carbonyl (C=O) groups is 2. The first-order valence-corrected chi connectivity index (χ1v) is 8.73. The Bertz CT molecular complexity index is 797. The van der Waals surface area contributed by atoms with Gasteiger partial charge >= 0.3 is 6.03 Å². The lowest BCUT2D eigenvalue weighted by molar-refractivity contribution is -0.123. The van der Waals surface area contributed by atoms with Crippen LogP contribution in [0.15, 0.2) is 44.9 Å². The number of rotatable bonds is 3. The zero-order valence-corrected chi connectivity index (χ0v) is 16.0. The summed E-state index contributed by atoms with van der Waals surface area (Å²) in [7, 11) is 0. The first kappa shape index (κ1) is 16.5. The van der Waals surface area contributed by atoms with Crippen molar-refractivity contribution in [1.29, 1.82) is 0 Å². The second-order valence-electron chi connectivity index (χ2n) is 4.78. The molecule has 0 unspecified atom stereocenters. The quantitative estimate of drug-likeness (QED) is 0.381. The van der Waals surface area contributed by atoms with Crippen LogP contribution in [0.2, 0.25) is 5.02 Å². The Morgan fingerprint density at radius 3 is 2.61 bits per heavy atom. The minimum Gasteiger partial charge on any atom is -0.450 e. The van der Waals surface area contributed by atoms with E-state index < -0.39 is 11.9 Å². The van der Waals surface area contributed by atoms with E-state index in [2.05, 4.69) is 21.2 Å². The molecular weight excluding hydrogens is 498 g/mol. The van der Waals surface area contributed by atoms with Crippen LogP contribution in [-0.2, 0) is 11.3 Å². The summed E-state index contributed by atoms with van der Waals surface area (Å²) in [5.41, 5.74) is 0.996. The van der Waals surface area contributed by atoms with Crippen LogP contribution in [0.25, 0.3) is 6.08 Å². The molecule has 1 saturated heterocycles. The van der Waals surface area contributed by atoms with Gasteiger partial charge in [0.05, 0.1) is 11.0 Å². The van der Waals surface area contributed by atoms with Gasteiger partial charge in [0.25, 0.3) is 5.91 Å². The van der Waals surface area contributed by atoms with Gasteiger partial charge in [0.1, 0.15) is 11.5 Å². The maximum atomic E-state index is 12.4. The average molecular weight is 508 g/mol. The molecule has 1 fully saturated rings. The molecule has 1 aromatic carbocycles. The minimum absolute atomic E-state index is 0.179. The topological polar surface area (TPSA) is 62.6 Å². The standard InChI is InChI=1S/C15H9BrClIN2O3/c16-11-5-10(23-13(11)18)6-12-14(21)20(15(22)19-12)7-8-1-3-9(17)4-2-8/h1-6H,7H2,(H,19,22)/b12-6-. The fraction of sp³-hybridized carbons (Fsp3) is 0.0667. The van der Waals surface area contributed by atoms with E-state index in [-0.39, 0.29) is 12.2 Å². The molecule has 1 N–H and O–H groups in total. The summed E-state index contributed by atoms with van der Waals surface area (Å²) >= 11 is 11.2. The maximum absolute atomic E-state index is 12.4. The number of amides is 3. The van der Waals surface area contributed by atoms with Gasteiger partial charge in [-0.1, -0.05) is 23.7 Å².